The van der Waals surface area contributed by atoms with Gasteiger partial charge in [-0.15, -0.1) is 0 Å². The Morgan fingerprint density at radius 2 is 0.968 bits per heavy atom. The number of rotatable bonds is 17. The van der Waals surface area contributed by atoms with Gasteiger partial charge in [0, 0.05) is 24.8 Å². The second-order valence-electron chi connectivity index (χ2n) is 6.93. The smallest absolute Gasteiger partial charge is 0.330 e. The molecule has 0 bridgehead atoms. The van der Waals surface area contributed by atoms with Gasteiger partial charge in [0.25, 0.3) is 0 Å². The highest BCUT2D eigenvalue weighted by Gasteiger charge is 2.33. The summed E-state index contributed by atoms with van der Waals surface area (Å²) >= 11 is 0. The van der Waals surface area contributed by atoms with Gasteiger partial charge in [0.05, 0.1) is 19.8 Å². The molecule has 7 nitrogen and oxygen atoms in total. The lowest BCUT2D eigenvalue weighted by Crippen LogP contribution is -2.39. The lowest BCUT2D eigenvalue weighted by atomic mass is 10.5. The summed E-state index contributed by atoms with van der Waals surface area (Å²) in [6.45, 7) is 8.83. The Morgan fingerprint density at radius 3 is 1.23 bits per heavy atom. The summed E-state index contributed by atoms with van der Waals surface area (Å²) in [5.41, 5.74) is 0. The molecule has 0 radical (unpaired) electrons. The van der Waals surface area contributed by atoms with E-state index in [1.807, 2.05) is 6.92 Å². The van der Waals surface area contributed by atoms with E-state index in [4.69, 9.17) is 18.6 Å². The van der Waals surface area contributed by atoms with Crippen molar-refractivity contribution >= 4 is 26.2 Å². The molecule has 0 aromatic heterocycles. The van der Waals surface area contributed by atoms with Crippen molar-refractivity contribution in [2.24, 2.45) is 0 Å². The van der Waals surface area contributed by atoms with Crippen LogP contribution in [0.3, 0.4) is 0 Å². The molecule has 0 amide bonds. The average molecular weight is 455 g/mol. The van der Waals surface area contributed by atoms with Crippen LogP contribution in [0.25, 0.3) is 0 Å². The van der Waals surface area contributed by atoms with E-state index in [2.05, 4.69) is 0 Å². The molecule has 0 aromatic carbocycles. The van der Waals surface area contributed by atoms with Crippen molar-refractivity contribution in [3.63, 3.8) is 0 Å². The number of carbonyl (C=O) groups is 3. The van der Waals surface area contributed by atoms with Gasteiger partial charge in [-0.05, 0) is 65.1 Å². The van der Waals surface area contributed by atoms with E-state index in [0.29, 0.717) is 45.7 Å². The van der Waals surface area contributed by atoms with Crippen molar-refractivity contribution in [1.29, 1.82) is 0 Å². The molecule has 176 valence electrons. The van der Waals surface area contributed by atoms with Gasteiger partial charge >= 0.3 is 17.9 Å². The molecule has 0 heterocycles. The zero-order valence-electron chi connectivity index (χ0n) is 19.4. The molecule has 0 saturated carbocycles. The molecule has 8 heteroatoms. The largest absolute Gasteiger partial charge is 0.463 e. The molecule has 31 heavy (non-hydrogen) atoms. The number of ether oxygens (including phenoxy) is 3. The highest BCUT2D eigenvalue weighted by atomic mass is 28.4. The highest BCUT2D eigenvalue weighted by Crippen LogP contribution is 2.28. The minimum absolute atomic E-state index is 0.331. The van der Waals surface area contributed by atoms with Crippen LogP contribution in [0.2, 0.25) is 18.1 Å². The molecule has 0 saturated heterocycles. The van der Waals surface area contributed by atoms with Crippen molar-refractivity contribution in [1.82, 2.24) is 0 Å². The first kappa shape index (κ1) is 28.8. The Morgan fingerprint density at radius 1 is 0.645 bits per heavy atom. The quantitative estimate of drug-likeness (QED) is 0.105. The van der Waals surface area contributed by atoms with Crippen LogP contribution >= 0.6 is 0 Å². The molecule has 0 aliphatic carbocycles. The lowest BCUT2D eigenvalue weighted by Gasteiger charge is -2.31. The molecular formula is C23H38O7Si. The Labute approximate surface area is 187 Å². The van der Waals surface area contributed by atoms with Gasteiger partial charge in [-0.1, -0.05) is 18.2 Å². The highest BCUT2D eigenvalue weighted by molar-refractivity contribution is 6.73. The lowest BCUT2D eigenvalue weighted by molar-refractivity contribution is -0.138. The van der Waals surface area contributed by atoms with Crippen molar-refractivity contribution in [2.45, 2.75) is 65.1 Å². The standard InChI is InChI=1S/C23H38O7Si/c1-5-12-21(24)27-15-9-18-31(30-8-4,19-10-16-28-22(25)13-6-2)20-11-17-29-23(26)14-7-3/h5-7,12-14H,8-11,15-20H2,1-4H3. The maximum absolute atomic E-state index is 11.5. The second-order valence-corrected chi connectivity index (χ2v) is 11.1. The van der Waals surface area contributed by atoms with Crippen LogP contribution in [0.1, 0.15) is 47.0 Å². The number of esters is 3. The molecule has 0 aromatic rings. The summed E-state index contributed by atoms with van der Waals surface area (Å²) in [6, 6.07) is 2.45. The maximum atomic E-state index is 11.5. The third-order valence-corrected chi connectivity index (χ3v) is 9.12. The molecule has 0 N–H and O–H groups in total. The predicted octanol–water partition coefficient (Wildman–Crippen LogP) is 4.50. The molecule has 0 aliphatic rings. The Kier molecular flexibility index (Phi) is 17.3. The zero-order chi connectivity index (χ0) is 23.4. The monoisotopic (exact) mass is 454 g/mol. The maximum Gasteiger partial charge on any atom is 0.330 e. The topological polar surface area (TPSA) is 88.1 Å². The molecule has 0 aliphatic heterocycles. The van der Waals surface area contributed by atoms with Crippen LogP contribution in [0.4, 0.5) is 0 Å². The number of hydrogen-bond donors (Lipinski definition) is 0. The fourth-order valence-electron chi connectivity index (χ4n) is 3.15. The van der Waals surface area contributed by atoms with E-state index >= 15 is 0 Å². The van der Waals surface area contributed by atoms with Crippen molar-refractivity contribution in [3.8, 4) is 0 Å². The van der Waals surface area contributed by atoms with Gasteiger partial charge in [-0.25, -0.2) is 14.4 Å². The van der Waals surface area contributed by atoms with Crippen LogP contribution in [0.5, 0.6) is 0 Å². The summed E-state index contributed by atoms with van der Waals surface area (Å²) in [5.74, 6) is -1.05. The van der Waals surface area contributed by atoms with Gasteiger partial charge in [0.2, 0.25) is 0 Å². The number of allylic oxidation sites excluding steroid dienone is 3. The fraction of sp³-hybridized carbons (Fsp3) is 0.609. The molecule has 0 fully saturated rings. The Balaban J connectivity index is 4.84. The minimum atomic E-state index is -2.19. The SMILES string of the molecule is CC=CC(=O)OCCC[Si](CCCOC(=O)C=CC)(CCCOC(=O)C=CC)OCC. The molecule has 0 spiro atoms. The minimum Gasteiger partial charge on any atom is -0.463 e. The van der Waals surface area contributed by atoms with Crippen LogP contribution in [0.15, 0.2) is 36.5 Å². The summed E-state index contributed by atoms with van der Waals surface area (Å²) in [4.78, 5) is 34.5. The summed E-state index contributed by atoms with van der Waals surface area (Å²) < 4.78 is 21.9. The average Bonchev–Trinajstić information content (AvgIpc) is 2.73. The zero-order valence-corrected chi connectivity index (χ0v) is 20.4. The summed E-state index contributed by atoms with van der Waals surface area (Å²) in [6.07, 6.45) is 11.2. The van der Waals surface area contributed by atoms with Gasteiger partial charge in [0.1, 0.15) is 0 Å². The van der Waals surface area contributed by atoms with Crippen molar-refractivity contribution in [2.75, 3.05) is 26.4 Å². The van der Waals surface area contributed by atoms with E-state index < -0.39 is 8.32 Å². The Bertz CT molecular complexity index is 532. The second kappa shape index (κ2) is 18.6. The summed E-state index contributed by atoms with van der Waals surface area (Å²) in [7, 11) is -2.19. The fourth-order valence-corrected chi connectivity index (χ4v) is 7.31. The van der Waals surface area contributed by atoms with Crippen LogP contribution in [0, 0.1) is 0 Å². The Hall–Kier alpha value is -2.19. The van der Waals surface area contributed by atoms with E-state index in [1.165, 1.54) is 18.2 Å². The first-order valence-electron chi connectivity index (χ1n) is 10.9. The molecule has 0 unspecified atom stereocenters. The first-order chi connectivity index (χ1) is 14.9. The van der Waals surface area contributed by atoms with E-state index in [1.54, 1.807) is 39.0 Å². The van der Waals surface area contributed by atoms with Gasteiger partial charge in [-0.2, -0.15) is 0 Å². The van der Waals surface area contributed by atoms with Gasteiger partial charge in [0.15, 0.2) is 8.32 Å². The van der Waals surface area contributed by atoms with E-state index in [0.717, 1.165) is 18.1 Å². The number of hydrogen-bond acceptors (Lipinski definition) is 7. The first-order valence-corrected chi connectivity index (χ1v) is 13.5. The van der Waals surface area contributed by atoms with Gasteiger partial charge < -0.3 is 18.6 Å². The molecule has 0 atom stereocenters. The van der Waals surface area contributed by atoms with Crippen molar-refractivity contribution in [3.05, 3.63) is 36.5 Å². The van der Waals surface area contributed by atoms with Gasteiger partial charge in [-0.3, -0.25) is 0 Å². The van der Waals surface area contributed by atoms with Crippen LogP contribution < -0.4 is 0 Å². The molecule has 0 rings (SSSR count). The van der Waals surface area contributed by atoms with E-state index in [-0.39, 0.29) is 17.9 Å². The molecular weight excluding hydrogens is 416 g/mol. The van der Waals surface area contributed by atoms with Crippen molar-refractivity contribution < 1.29 is 33.0 Å². The number of carbonyl (C=O) groups excluding carboxylic acids is 3. The normalized spacial score (nSPS) is 13.5. The van der Waals surface area contributed by atoms with Crippen LogP contribution in [-0.2, 0) is 33.0 Å². The van der Waals surface area contributed by atoms with E-state index in [9.17, 15) is 14.4 Å². The summed E-state index contributed by atoms with van der Waals surface area (Å²) in [5, 5.41) is 0. The third kappa shape index (κ3) is 15.3. The third-order valence-electron chi connectivity index (χ3n) is 4.42. The van der Waals surface area contributed by atoms with Crippen LogP contribution in [-0.4, -0.2) is 52.7 Å². The predicted molar refractivity (Wildman–Crippen MR) is 123 cm³/mol.